The summed E-state index contributed by atoms with van der Waals surface area (Å²) >= 11 is 0. The molecule has 0 spiro atoms. The molecule has 1 aromatic heterocycles. The van der Waals surface area contributed by atoms with Crippen molar-refractivity contribution >= 4 is 5.69 Å². The number of aromatic nitrogens is 2. The molecule has 0 fully saturated rings. The van der Waals surface area contributed by atoms with E-state index in [1.54, 1.807) is 18.2 Å². The summed E-state index contributed by atoms with van der Waals surface area (Å²) < 4.78 is 10.5. The molecule has 2 heterocycles. The maximum atomic E-state index is 12.7. The molecule has 1 aliphatic rings. The third kappa shape index (κ3) is 3.81. The quantitative estimate of drug-likeness (QED) is 0.555. The molecule has 0 radical (unpaired) electrons. The van der Waals surface area contributed by atoms with E-state index in [9.17, 15) is 9.90 Å². The zero-order valence-corrected chi connectivity index (χ0v) is 16.9. The summed E-state index contributed by atoms with van der Waals surface area (Å²) in [4.78, 5) is 22.4. The number of anilines is 1. The van der Waals surface area contributed by atoms with E-state index in [1.807, 2.05) is 18.2 Å². The largest absolute Gasteiger partial charge is 0.504 e. The molecule has 8 heteroatoms. The summed E-state index contributed by atoms with van der Waals surface area (Å²) in [5.74, 6) is 1.35. The second-order valence-electron chi connectivity index (χ2n) is 7.27. The van der Waals surface area contributed by atoms with Crippen molar-refractivity contribution in [2.45, 2.75) is 19.5 Å². The molecule has 0 bridgehead atoms. The van der Waals surface area contributed by atoms with Crippen molar-refractivity contribution in [3.63, 3.8) is 0 Å². The van der Waals surface area contributed by atoms with Crippen LogP contribution in [0.3, 0.4) is 0 Å². The van der Waals surface area contributed by atoms with E-state index in [1.165, 1.54) is 14.2 Å². The molecule has 4 N–H and O–H groups in total. The Hall–Kier alpha value is -3.52. The smallest absolute Gasteiger partial charge is 0.255 e. The number of fused-ring (bicyclic) bond motifs is 1. The molecule has 156 valence electrons. The molecule has 30 heavy (non-hydrogen) atoms. The highest BCUT2D eigenvalue weighted by Crippen LogP contribution is 2.37. The number of nitrogen functional groups attached to an aromatic ring is 1. The highest BCUT2D eigenvalue weighted by Gasteiger charge is 2.22. The summed E-state index contributed by atoms with van der Waals surface area (Å²) in [6.45, 7) is 1.79. The van der Waals surface area contributed by atoms with Gasteiger partial charge in [-0.15, -0.1) is 0 Å². The van der Waals surface area contributed by atoms with Crippen LogP contribution in [0.4, 0.5) is 5.69 Å². The first-order valence-corrected chi connectivity index (χ1v) is 9.62. The van der Waals surface area contributed by atoms with Crippen molar-refractivity contribution < 1.29 is 14.6 Å². The van der Waals surface area contributed by atoms with Gasteiger partial charge in [0, 0.05) is 37.3 Å². The molecule has 0 aliphatic carbocycles. The standard InChI is InChI=1S/C22H24N4O4/c1-29-19-10-13(9-18(27)20(19)30-2)11-26-8-7-17-16(12-26)22(28)25-21(24-17)14-3-5-15(23)6-4-14/h3-6,9-10,27H,7-8,11-12,23H2,1-2H3,(H,24,25,28). The average Bonchev–Trinajstić information content (AvgIpc) is 2.74. The van der Waals surface area contributed by atoms with Crippen molar-refractivity contribution in [2.75, 3.05) is 26.5 Å². The number of aromatic hydroxyl groups is 1. The highest BCUT2D eigenvalue weighted by atomic mass is 16.5. The number of phenols is 1. The van der Waals surface area contributed by atoms with Gasteiger partial charge in [0.05, 0.1) is 25.5 Å². The van der Waals surface area contributed by atoms with Crippen molar-refractivity contribution in [1.29, 1.82) is 0 Å². The lowest BCUT2D eigenvalue weighted by Crippen LogP contribution is -2.35. The van der Waals surface area contributed by atoms with Crippen molar-refractivity contribution in [1.82, 2.24) is 14.9 Å². The Morgan fingerprint density at radius 2 is 1.97 bits per heavy atom. The van der Waals surface area contributed by atoms with Gasteiger partial charge in [-0.25, -0.2) is 4.98 Å². The minimum Gasteiger partial charge on any atom is -0.504 e. The molecule has 0 saturated heterocycles. The van der Waals surface area contributed by atoms with Gasteiger partial charge >= 0.3 is 0 Å². The number of methoxy groups -OCH3 is 2. The Morgan fingerprint density at radius 3 is 2.67 bits per heavy atom. The van der Waals surface area contributed by atoms with Gasteiger partial charge in [0.15, 0.2) is 11.5 Å². The minimum atomic E-state index is -0.133. The summed E-state index contributed by atoms with van der Waals surface area (Å²) in [5, 5.41) is 10.2. The normalized spacial score (nSPS) is 13.7. The molecule has 0 amide bonds. The van der Waals surface area contributed by atoms with Crippen LogP contribution in [0.2, 0.25) is 0 Å². The average molecular weight is 408 g/mol. The molecule has 0 atom stereocenters. The summed E-state index contributed by atoms with van der Waals surface area (Å²) in [5.41, 5.74) is 9.46. The third-order valence-corrected chi connectivity index (χ3v) is 5.26. The first kappa shape index (κ1) is 19.8. The van der Waals surface area contributed by atoms with Crippen LogP contribution in [0.15, 0.2) is 41.2 Å². The van der Waals surface area contributed by atoms with E-state index >= 15 is 0 Å². The molecule has 1 aliphatic heterocycles. The number of ether oxygens (including phenoxy) is 2. The van der Waals surface area contributed by atoms with Crippen LogP contribution in [-0.4, -0.2) is 40.7 Å². The minimum absolute atomic E-state index is 0.0249. The summed E-state index contributed by atoms with van der Waals surface area (Å²) in [6, 6.07) is 10.8. The molecule has 8 nitrogen and oxygen atoms in total. The fourth-order valence-electron chi connectivity index (χ4n) is 3.74. The zero-order valence-electron chi connectivity index (χ0n) is 16.9. The Kier molecular flexibility index (Phi) is 5.33. The van der Waals surface area contributed by atoms with Crippen LogP contribution < -0.4 is 20.8 Å². The maximum Gasteiger partial charge on any atom is 0.255 e. The lowest BCUT2D eigenvalue weighted by molar-refractivity contribution is 0.240. The number of H-pyrrole nitrogens is 1. The van der Waals surface area contributed by atoms with Gasteiger partial charge < -0.3 is 25.3 Å². The monoisotopic (exact) mass is 408 g/mol. The van der Waals surface area contributed by atoms with Gasteiger partial charge in [-0.3, -0.25) is 9.69 Å². The van der Waals surface area contributed by atoms with E-state index in [4.69, 9.17) is 15.2 Å². The van der Waals surface area contributed by atoms with Gasteiger partial charge in [0.2, 0.25) is 5.75 Å². The Balaban J connectivity index is 1.56. The van der Waals surface area contributed by atoms with Gasteiger partial charge in [0.25, 0.3) is 5.56 Å². The SMILES string of the molecule is COc1cc(CN2CCc3nc(-c4ccc(N)cc4)[nH]c(=O)c3C2)cc(O)c1OC. The summed E-state index contributed by atoms with van der Waals surface area (Å²) in [7, 11) is 3.01. The predicted molar refractivity (Wildman–Crippen MR) is 114 cm³/mol. The highest BCUT2D eigenvalue weighted by molar-refractivity contribution is 5.59. The van der Waals surface area contributed by atoms with Crippen LogP contribution in [0.5, 0.6) is 17.2 Å². The number of phenolic OH excluding ortho intramolecular Hbond substituents is 1. The number of nitrogens with zero attached hydrogens (tertiary/aromatic N) is 2. The molecule has 3 aromatic rings. The number of hydrogen-bond acceptors (Lipinski definition) is 7. The first-order chi connectivity index (χ1) is 14.5. The molecule has 0 saturated carbocycles. The Labute approximate surface area is 173 Å². The topological polar surface area (TPSA) is 114 Å². The van der Waals surface area contributed by atoms with E-state index in [2.05, 4.69) is 14.9 Å². The fraction of sp³-hybridized carbons (Fsp3) is 0.273. The van der Waals surface area contributed by atoms with Crippen LogP contribution >= 0.6 is 0 Å². The van der Waals surface area contributed by atoms with Gasteiger partial charge in [-0.05, 0) is 42.0 Å². The van der Waals surface area contributed by atoms with Gasteiger partial charge in [-0.1, -0.05) is 0 Å². The zero-order chi connectivity index (χ0) is 21.3. The Bertz CT molecular complexity index is 1130. The molecular weight excluding hydrogens is 384 g/mol. The van der Waals surface area contributed by atoms with Crippen LogP contribution in [-0.2, 0) is 19.5 Å². The lowest BCUT2D eigenvalue weighted by atomic mass is 10.0. The lowest BCUT2D eigenvalue weighted by Gasteiger charge is -2.28. The number of nitrogens with one attached hydrogen (secondary N) is 1. The summed E-state index contributed by atoms with van der Waals surface area (Å²) in [6.07, 6.45) is 0.667. The number of rotatable bonds is 5. The van der Waals surface area contributed by atoms with Crippen molar-refractivity contribution in [2.24, 2.45) is 0 Å². The molecular formula is C22H24N4O4. The maximum absolute atomic E-state index is 12.7. The first-order valence-electron chi connectivity index (χ1n) is 9.62. The molecule has 0 unspecified atom stereocenters. The van der Waals surface area contributed by atoms with Crippen molar-refractivity contribution in [3.8, 4) is 28.6 Å². The fourth-order valence-corrected chi connectivity index (χ4v) is 3.74. The van der Waals surface area contributed by atoms with E-state index in [-0.39, 0.29) is 11.3 Å². The van der Waals surface area contributed by atoms with E-state index < -0.39 is 0 Å². The molecule has 2 aromatic carbocycles. The van der Waals surface area contributed by atoms with E-state index in [0.717, 1.165) is 23.4 Å². The van der Waals surface area contributed by atoms with Gasteiger partial charge in [0.1, 0.15) is 5.82 Å². The van der Waals surface area contributed by atoms with Gasteiger partial charge in [-0.2, -0.15) is 0 Å². The van der Waals surface area contributed by atoms with Crippen LogP contribution in [0.1, 0.15) is 16.8 Å². The number of nitrogens with two attached hydrogens (primary N) is 1. The number of aromatic amines is 1. The van der Waals surface area contributed by atoms with Crippen molar-refractivity contribution in [3.05, 3.63) is 63.6 Å². The van der Waals surface area contributed by atoms with Crippen LogP contribution in [0, 0.1) is 0 Å². The number of hydrogen-bond donors (Lipinski definition) is 3. The molecule has 4 rings (SSSR count). The second kappa shape index (κ2) is 8.08. The Morgan fingerprint density at radius 1 is 1.20 bits per heavy atom. The number of benzene rings is 2. The predicted octanol–water partition coefficient (Wildman–Crippen LogP) is 2.30. The van der Waals surface area contributed by atoms with Crippen LogP contribution in [0.25, 0.3) is 11.4 Å². The van der Waals surface area contributed by atoms with E-state index in [0.29, 0.717) is 48.1 Å². The third-order valence-electron chi connectivity index (χ3n) is 5.26. The second-order valence-corrected chi connectivity index (χ2v) is 7.27.